The molecule has 3 nitrogen and oxygen atoms in total. The third-order valence-electron chi connectivity index (χ3n) is 2.23. The first kappa shape index (κ1) is 9.80. The molecule has 0 amide bonds. The molecule has 0 aliphatic rings. The standard InChI is InChI=1S/C12H13NO2/c1-8(13)11-6-7-12(15-11)9-2-4-10(14)5-3-9/h2-8,14H,13H2,1H3. The Labute approximate surface area is 88.1 Å². The van der Waals surface area contributed by atoms with E-state index in [-0.39, 0.29) is 11.8 Å². The van der Waals surface area contributed by atoms with Crippen LogP contribution in [0.25, 0.3) is 11.3 Å². The molecule has 0 radical (unpaired) electrons. The lowest BCUT2D eigenvalue weighted by atomic mass is 10.2. The molecular weight excluding hydrogens is 190 g/mol. The highest BCUT2D eigenvalue weighted by atomic mass is 16.3. The lowest BCUT2D eigenvalue weighted by Gasteiger charge is -2.00. The van der Waals surface area contributed by atoms with Gasteiger partial charge in [-0.1, -0.05) is 0 Å². The van der Waals surface area contributed by atoms with Gasteiger partial charge in [0.05, 0.1) is 6.04 Å². The first-order chi connectivity index (χ1) is 7.16. The molecule has 3 heteroatoms. The topological polar surface area (TPSA) is 59.4 Å². The lowest BCUT2D eigenvalue weighted by molar-refractivity contribution is 0.475. The minimum absolute atomic E-state index is 0.101. The number of phenols is 1. The Morgan fingerprint density at radius 1 is 1.13 bits per heavy atom. The highest BCUT2D eigenvalue weighted by Crippen LogP contribution is 2.25. The summed E-state index contributed by atoms with van der Waals surface area (Å²) in [7, 11) is 0. The minimum atomic E-state index is -0.101. The zero-order valence-electron chi connectivity index (χ0n) is 8.47. The highest BCUT2D eigenvalue weighted by Gasteiger charge is 2.07. The van der Waals surface area contributed by atoms with E-state index < -0.39 is 0 Å². The van der Waals surface area contributed by atoms with Crippen molar-refractivity contribution in [1.29, 1.82) is 0 Å². The molecule has 0 aliphatic heterocycles. The van der Waals surface area contributed by atoms with Gasteiger partial charge in [0, 0.05) is 5.56 Å². The molecule has 1 aromatic carbocycles. The van der Waals surface area contributed by atoms with Crippen LogP contribution >= 0.6 is 0 Å². The molecule has 2 aromatic rings. The molecule has 0 saturated heterocycles. The molecule has 15 heavy (non-hydrogen) atoms. The van der Waals surface area contributed by atoms with Crippen molar-refractivity contribution >= 4 is 0 Å². The van der Waals surface area contributed by atoms with Crippen molar-refractivity contribution in [3.63, 3.8) is 0 Å². The predicted octanol–water partition coefficient (Wildman–Crippen LogP) is 2.67. The van der Waals surface area contributed by atoms with Crippen LogP contribution in [0.15, 0.2) is 40.8 Å². The van der Waals surface area contributed by atoms with E-state index in [2.05, 4.69) is 0 Å². The third-order valence-corrected chi connectivity index (χ3v) is 2.23. The van der Waals surface area contributed by atoms with E-state index in [4.69, 9.17) is 15.3 Å². The maximum Gasteiger partial charge on any atom is 0.134 e. The van der Waals surface area contributed by atoms with Crippen molar-refractivity contribution < 1.29 is 9.52 Å². The first-order valence-corrected chi connectivity index (χ1v) is 4.81. The van der Waals surface area contributed by atoms with Gasteiger partial charge in [-0.3, -0.25) is 0 Å². The summed E-state index contributed by atoms with van der Waals surface area (Å²) >= 11 is 0. The Morgan fingerprint density at radius 3 is 2.33 bits per heavy atom. The molecular formula is C12H13NO2. The summed E-state index contributed by atoms with van der Waals surface area (Å²) in [4.78, 5) is 0. The summed E-state index contributed by atoms with van der Waals surface area (Å²) < 4.78 is 5.56. The van der Waals surface area contributed by atoms with E-state index in [9.17, 15) is 0 Å². The number of rotatable bonds is 2. The van der Waals surface area contributed by atoms with Gasteiger partial charge in [0.2, 0.25) is 0 Å². The van der Waals surface area contributed by atoms with Gasteiger partial charge >= 0.3 is 0 Å². The summed E-state index contributed by atoms with van der Waals surface area (Å²) in [6, 6.07) is 10.5. The van der Waals surface area contributed by atoms with Crippen LogP contribution in [0, 0.1) is 0 Å². The summed E-state index contributed by atoms with van der Waals surface area (Å²) in [6.07, 6.45) is 0. The normalized spacial score (nSPS) is 12.7. The number of aromatic hydroxyl groups is 1. The molecule has 0 bridgehead atoms. The molecule has 1 aromatic heterocycles. The van der Waals surface area contributed by atoms with Crippen molar-refractivity contribution in [3.05, 3.63) is 42.2 Å². The molecule has 78 valence electrons. The fraction of sp³-hybridized carbons (Fsp3) is 0.167. The van der Waals surface area contributed by atoms with Gasteiger partial charge < -0.3 is 15.3 Å². The number of hydrogen-bond acceptors (Lipinski definition) is 3. The van der Waals surface area contributed by atoms with Crippen LogP contribution in [0.5, 0.6) is 5.75 Å². The van der Waals surface area contributed by atoms with E-state index in [1.54, 1.807) is 24.3 Å². The number of nitrogens with two attached hydrogens (primary N) is 1. The molecule has 3 N–H and O–H groups in total. The SMILES string of the molecule is CC(N)c1ccc(-c2ccc(O)cc2)o1. The fourth-order valence-electron chi connectivity index (χ4n) is 1.38. The second-order valence-electron chi connectivity index (χ2n) is 3.54. The summed E-state index contributed by atoms with van der Waals surface area (Å²) in [5.41, 5.74) is 6.63. The third kappa shape index (κ3) is 2.02. The average Bonchev–Trinajstić information content (AvgIpc) is 2.68. The van der Waals surface area contributed by atoms with E-state index in [0.717, 1.165) is 17.1 Å². The molecule has 1 atom stereocenters. The molecule has 0 aliphatic carbocycles. The zero-order valence-corrected chi connectivity index (χ0v) is 8.47. The van der Waals surface area contributed by atoms with Crippen LogP contribution in [0.1, 0.15) is 18.7 Å². The van der Waals surface area contributed by atoms with E-state index in [1.807, 2.05) is 19.1 Å². The molecule has 0 fully saturated rings. The first-order valence-electron chi connectivity index (χ1n) is 4.81. The summed E-state index contributed by atoms with van der Waals surface area (Å²) in [5.74, 6) is 1.78. The van der Waals surface area contributed by atoms with E-state index in [0.29, 0.717) is 0 Å². The Hall–Kier alpha value is -1.74. The number of phenolic OH excluding ortho intramolecular Hbond substituents is 1. The molecule has 1 unspecified atom stereocenters. The van der Waals surface area contributed by atoms with Crippen molar-refractivity contribution in [2.24, 2.45) is 5.73 Å². The smallest absolute Gasteiger partial charge is 0.134 e. The Bertz CT molecular complexity index is 443. The summed E-state index contributed by atoms with van der Waals surface area (Å²) in [5, 5.41) is 9.15. The maximum atomic E-state index is 9.15. The average molecular weight is 203 g/mol. The van der Waals surface area contributed by atoms with Gasteiger partial charge in [-0.2, -0.15) is 0 Å². The van der Waals surface area contributed by atoms with Crippen molar-refractivity contribution in [3.8, 4) is 17.1 Å². The van der Waals surface area contributed by atoms with Gasteiger partial charge in [0.15, 0.2) is 0 Å². The van der Waals surface area contributed by atoms with Gasteiger partial charge in [-0.05, 0) is 43.3 Å². The summed E-state index contributed by atoms with van der Waals surface area (Å²) in [6.45, 7) is 1.87. The van der Waals surface area contributed by atoms with Gasteiger partial charge in [-0.15, -0.1) is 0 Å². The van der Waals surface area contributed by atoms with Crippen molar-refractivity contribution in [2.45, 2.75) is 13.0 Å². The Kier molecular flexibility index (Phi) is 2.47. The zero-order chi connectivity index (χ0) is 10.8. The number of hydrogen-bond donors (Lipinski definition) is 2. The number of furan rings is 1. The lowest BCUT2D eigenvalue weighted by Crippen LogP contribution is -2.02. The molecule has 0 spiro atoms. The van der Waals surface area contributed by atoms with Gasteiger partial charge in [-0.25, -0.2) is 0 Å². The number of benzene rings is 1. The Balaban J connectivity index is 2.33. The predicted molar refractivity (Wildman–Crippen MR) is 58.4 cm³/mol. The highest BCUT2D eigenvalue weighted by molar-refractivity contribution is 5.58. The van der Waals surface area contributed by atoms with E-state index in [1.165, 1.54) is 0 Å². The van der Waals surface area contributed by atoms with Crippen LogP contribution < -0.4 is 5.73 Å². The fourth-order valence-corrected chi connectivity index (χ4v) is 1.38. The van der Waals surface area contributed by atoms with Gasteiger partial charge in [0.25, 0.3) is 0 Å². The molecule has 2 rings (SSSR count). The monoisotopic (exact) mass is 203 g/mol. The van der Waals surface area contributed by atoms with Crippen LogP contribution in [0.3, 0.4) is 0 Å². The molecule has 1 heterocycles. The van der Waals surface area contributed by atoms with Crippen LogP contribution in [-0.2, 0) is 0 Å². The minimum Gasteiger partial charge on any atom is -0.508 e. The molecule has 0 saturated carbocycles. The maximum absolute atomic E-state index is 9.15. The van der Waals surface area contributed by atoms with Crippen molar-refractivity contribution in [1.82, 2.24) is 0 Å². The van der Waals surface area contributed by atoms with Crippen molar-refractivity contribution in [2.75, 3.05) is 0 Å². The van der Waals surface area contributed by atoms with Gasteiger partial charge in [0.1, 0.15) is 17.3 Å². The van der Waals surface area contributed by atoms with Crippen LogP contribution in [-0.4, -0.2) is 5.11 Å². The van der Waals surface area contributed by atoms with Crippen LogP contribution in [0.4, 0.5) is 0 Å². The quantitative estimate of drug-likeness (QED) is 0.788. The van der Waals surface area contributed by atoms with Crippen LogP contribution in [0.2, 0.25) is 0 Å². The Morgan fingerprint density at radius 2 is 1.80 bits per heavy atom. The largest absolute Gasteiger partial charge is 0.508 e. The second-order valence-corrected chi connectivity index (χ2v) is 3.54. The second kappa shape index (κ2) is 3.79. The van der Waals surface area contributed by atoms with E-state index >= 15 is 0 Å².